The number of fused-ring (bicyclic) bond motifs is 2. The van der Waals surface area contributed by atoms with Gasteiger partial charge in [0, 0.05) is 22.1 Å². The van der Waals surface area contributed by atoms with Gasteiger partial charge in [-0.3, -0.25) is 0 Å². The van der Waals surface area contributed by atoms with Gasteiger partial charge in [-0.25, -0.2) is 19.6 Å². The van der Waals surface area contributed by atoms with Crippen LogP contribution in [-0.2, 0) is 6.54 Å². The minimum atomic E-state index is 0.141. The number of hydrogen-bond acceptors (Lipinski definition) is 7. The van der Waals surface area contributed by atoms with Gasteiger partial charge in [-0.2, -0.15) is 5.10 Å². The van der Waals surface area contributed by atoms with E-state index in [9.17, 15) is 5.11 Å². The molecule has 0 aliphatic heterocycles. The van der Waals surface area contributed by atoms with Crippen LogP contribution in [-0.4, -0.2) is 36.9 Å². The summed E-state index contributed by atoms with van der Waals surface area (Å²) in [5.41, 5.74) is 11.7. The van der Waals surface area contributed by atoms with Gasteiger partial charge < -0.3 is 15.6 Å². The number of pyridine rings is 1. The molecule has 3 aromatic carbocycles. The van der Waals surface area contributed by atoms with Crippen LogP contribution < -0.4 is 10.5 Å². The maximum atomic E-state index is 10.1. The Morgan fingerprint density at radius 3 is 2.61 bits per heavy atom. The predicted octanol–water partition coefficient (Wildman–Crippen LogP) is 5.05. The maximum Gasteiger partial charge on any atom is 0.164 e. The quantitative estimate of drug-likeness (QED) is 0.359. The molecule has 0 spiro atoms. The first-order valence-corrected chi connectivity index (χ1v) is 11.4. The molecule has 3 N–H and O–H groups in total. The van der Waals surface area contributed by atoms with Crippen LogP contribution in [0.25, 0.3) is 44.5 Å². The number of phenolic OH excluding ortho intramolecular Hbond substituents is 1. The van der Waals surface area contributed by atoms with E-state index in [0.29, 0.717) is 29.1 Å². The predicted molar refractivity (Wildman–Crippen MR) is 140 cm³/mol. The summed E-state index contributed by atoms with van der Waals surface area (Å²) in [5, 5.41) is 16.6. The Balaban J connectivity index is 1.58. The van der Waals surface area contributed by atoms with Crippen LogP contribution in [0.5, 0.6) is 11.5 Å². The van der Waals surface area contributed by atoms with Gasteiger partial charge in [0.25, 0.3) is 0 Å². The molecule has 0 fully saturated rings. The molecule has 6 rings (SSSR count). The normalized spacial score (nSPS) is 11.2. The van der Waals surface area contributed by atoms with Crippen LogP contribution in [0.4, 0.5) is 5.82 Å². The van der Waals surface area contributed by atoms with Crippen molar-refractivity contribution in [3.05, 3.63) is 90.8 Å². The summed E-state index contributed by atoms with van der Waals surface area (Å²) in [7, 11) is 1.65. The van der Waals surface area contributed by atoms with Gasteiger partial charge in [-0.1, -0.05) is 42.5 Å². The topological polar surface area (TPSA) is 112 Å². The monoisotopic (exact) mass is 474 g/mol. The average molecular weight is 475 g/mol. The second-order valence-electron chi connectivity index (χ2n) is 8.40. The Labute approximate surface area is 206 Å². The molecule has 8 nitrogen and oxygen atoms in total. The van der Waals surface area contributed by atoms with E-state index < -0.39 is 0 Å². The van der Waals surface area contributed by atoms with Crippen molar-refractivity contribution in [3.63, 3.8) is 0 Å². The van der Waals surface area contributed by atoms with E-state index in [2.05, 4.69) is 16.0 Å². The van der Waals surface area contributed by atoms with Crippen LogP contribution in [0, 0.1) is 0 Å². The number of anilines is 1. The van der Waals surface area contributed by atoms with Gasteiger partial charge in [-0.05, 0) is 36.4 Å². The second kappa shape index (κ2) is 8.66. The molecule has 176 valence electrons. The molecule has 6 aromatic rings. The number of aromatic hydroxyl groups is 1. The Kier molecular flexibility index (Phi) is 5.19. The number of nitrogens with zero attached hydrogens (tertiary/aromatic N) is 5. The third kappa shape index (κ3) is 3.65. The van der Waals surface area contributed by atoms with Crippen molar-refractivity contribution in [2.75, 3.05) is 12.8 Å². The smallest absolute Gasteiger partial charge is 0.164 e. The molecular formula is C28H22N6O2. The van der Waals surface area contributed by atoms with Gasteiger partial charge in [0.15, 0.2) is 5.65 Å². The number of aromatic nitrogens is 5. The Morgan fingerprint density at radius 2 is 1.75 bits per heavy atom. The number of benzene rings is 3. The molecule has 8 heteroatoms. The first kappa shape index (κ1) is 21.5. The van der Waals surface area contributed by atoms with Crippen molar-refractivity contribution in [1.29, 1.82) is 0 Å². The van der Waals surface area contributed by atoms with Crippen molar-refractivity contribution in [3.8, 4) is 34.0 Å². The lowest BCUT2D eigenvalue weighted by Gasteiger charge is -2.14. The van der Waals surface area contributed by atoms with E-state index in [1.807, 2.05) is 54.6 Å². The van der Waals surface area contributed by atoms with Crippen molar-refractivity contribution in [2.45, 2.75) is 6.54 Å². The average Bonchev–Trinajstić information content (AvgIpc) is 3.28. The van der Waals surface area contributed by atoms with E-state index in [1.54, 1.807) is 30.0 Å². The molecular weight excluding hydrogens is 452 g/mol. The summed E-state index contributed by atoms with van der Waals surface area (Å²) in [6.45, 7) is 0.386. The number of para-hydroxylation sites is 2. The summed E-state index contributed by atoms with van der Waals surface area (Å²) in [6, 6.07) is 24.9. The van der Waals surface area contributed by atoms with E-state index in [4.69, 9.17) is 20.6 Å². The zero-order valence-electron chi connectivity index (χ0n) is 19.5. The standard InChI is InChI=1S/C28H22N6O2/c1-36-23-12-5-3-10-21(23)25-19(13-17-7-2-4-11-22(17)32-25)15-34-28-24(27(29)30-16-31-28)26(33-34)18-8-6-9-20(35)14-18/h2-14,16,35H,15H2,1H3,(H2,29,30,31). The second-order valence-corrected chi connectivity index (χ2v) is 8.40. The van der Waals surface area contributed by atoms with E-state index in [0.717, 1.165) is 39.0 Å². The number of phenols is 1. The summed E-state index contributed by atoms with van der Waals surface area (Å²) < 4.78 is 7.46. The highest BCUT2D eigenvalue weighted by molar-refractivity contribution is 5.98. The molecule has 0 aliphatic carbocycles. The lowest BCUT2D eigenvalue weighted by Crippen LogP contribution is -2.06. The SMILES string of the molecule is COc1ccccc1-c1nc2ccccc2cc1Cn1nc(-c2cccc(O)c2)c2c(N)ncnc21. The summed E-state index contributed by atoms with van der Waals surface area (Å²) >= 11 is 0. The number of ether oxygens (including phenoxy) is 1. The Bertz CT molecular complexity index is 1740. The van der Waals surface area contributed by atoms with Crippen LogP contribution in [0.15, 0.2) is 85.2 Å². The van der Waals surface area contributed by atoms with Gasteiger partial charge >= 0.3 is 0 Å². The number of hydrogen-bond donors (Lipinski definition) is 2. The molecule has 0 unspecified atom stereocenters. The summed E-state index contributed by atoms with van der Waals surface area (Å²) in [4.78, 5) is 13.7. The minimum absolute atomic E-state index is 0.141. The number of nitrogen functional groups attached to an aromatic ring is 1. The van der Waals surface area contributed by atoms with E-state index >= 15 is 0 Å². The summed E-state index contributed by atoms with van der Waals surface area (Å²) in [5.74, 6) is 1.20. The molecule has 0 atom stereocenters. The van der Waals surface area contributed by atoms with Crippen LogP contribution >= 0.6 is 0 Å². The lowest BCUT2D eigenvalue weighted by molar-refractivity contribution is 0.416. The molecule has 0 saturated carbocycles. The zero-order chi connectivity index (χ0) is 24.6. The van der Waals surface area contributed by atoms with Crippen molar-refractivity contribution in [2.24, 2.45) is 0 Å². The fraction of sp³-hybridized carbons (Fsp3) is 0.0714. The fourth-order valence-electron chi connectivity index (χ4n) is 4.51. The van der Waals surface area contributed by atoms with Crippen LogP contribution in [0.1, 0.15) is 5.56 Å². The van der Waals surface area contributed by atoms with Gasteiger partial charge in [0.2, 0.25) is 0 Å². The molecule has 0 bridgehead atoms. The molecule has 0 radical (unpaired) electrons. The lowest BCUT2D eigenvalue weighted by atomic mass is 10.0. The highest BCUT2D eigenvalue weighted by atomic mass is 16.5. The summed E-state index contributed by atoms with van der Waals surface area (Å²) in [6.07, 6.45) is 1.43. The number of rotatable bonds is 5. The molecule has 0 aliphatic rings. The highest BCUT2D eigenvalue weighted by Gasteiger charge is 2.20. The van der Waals surface area contributed by atoms with Gasteiger partial charge in [0.05, 0.1) is 30.3 Å². The van der Waals surface area contributed by atoms with E-state index in [1.165, 1.54) is 6.33 Å². The van der Waals surface area contributed by atoms with Crippen molar-refractivity contribution < 1.29 is 9.84 Å². The highest BCUT2D eigenvalue weighted by Crippen LogP contribution is 2.35. The maximum absolute atomic E-state index is 10.1. The Hall–Kier alpha value is -4.98. The molecule has 3 heterocycles. The van der Waals surface area contributed by atoms with Crippen molar-refractivity contribution in [1.82, 2.24) is 24.7 Å². The third-order valence-electron chi connectivity index (χ3n) is 6.16. The molecule has 3 aromatic heterocycles. The number of nitrogens with two attached hydrogens (primary N) is 1. The van der Waals surface area contributed by atoms with E-state index in [-0.39, 0.29) is 5.75 Å². The molecule has 36 heavy (non-hydrogen) atoms. The van der Waals surface area contributed by atoms with Gasteiger partial charge in [-0.15, -0.1) is 0 Å². The van der Waals surface area contributed by atoms with Crippen LogP contribution in [0.2, 0.25) is 0 Å². The fourth-order valence-corrected chi connectivity index (χ4v) is 4.51. The third-order valence-corrected chi connectivity index (χ3v) is 6.16. The van der Waals surface area contributed by atoms with Crippen molar-refractivity contribution >= 4 is 27.8 Å². The van der Waals surface area contributed by atoms with Gasteiger partial charge in [0.1, 0.15) is 29.3 Å². The zero-order valence-corrected chi connectivity index (χ0v) is 19.5. The molecule has 0 saturated heterocycles. The first-order chi connectivity index (χ1) is 17.6. The van der Waals surface area contributed by atoms with Crippen LogP contribution in [0.3, 0.4) is 0 Å². The first-order valence-electron chi connectivity index (χ1n) is 11.4. The minimum Gasteiger partial charge on any atom is -0.508 e. The molecule has 0 amide bonds. The largest absolute Gasteiger partial charge is 0.508 e. The number of methoxy groups -OCH3 is 1. The Morgan fingerprint density at radius 1 is 0.917 bits per heavy atom.